The summed E-state index contributed by atoms with van der Waals surface area (Å²) in [6.07, 6.45) is 10.1. The van der Waals surface area contributed by atoms with Crippen LogP contribution in [0.1, 0.15) is 5.56 Å². The molecule has 0 saturated heterocycles. The van der Waals surface area contributed by atoms with Gasteiger partial charge in [0.25, 0.3) is 0 Å². The molecule has 0 amide bonds. The van der Waals surface area contributed by atoms with Gasteiger partial charge < -0.3 is 4.90 Å². The fourth-order valence-electron chi connectivity index (χ4n) is 1.34. The Hall–Kier alpha value is -0.840. The average Bonchev–Trinajstić information content (AvgIpc) is 2.20. The maximum absolute atomic E-state index is 3.99. The zero-order valence-corrected chi connectivity index (χ0v) is 10.4. The fourth-order valence-corrected chi connectivity index (χ4v) is 1.34. The van der Waals surface area contributed by atoms with Crippen LogP contribution in [0, 0.1) is 0 Å². The lowest BCUT2D eigenvalue weighted by atomic mass is 10.1. The third kappa shape index (κ3) is 2.57. The number of pyridine rings is 1. The minimum atomic E-state index is 0. The average molecular weight is 300 g/mol. The van der Waals surface area contributed by atoms with Gasteiger partial charge in [-0.3, -0.25) is 4.98 Å². The highest BCUT2D eigenvalue weighted by atomic mass is 127. The molecule has 0 unspecified atom stereocenters. The smallest absolute Gasteiger partial charge is 0.0359 e. The van der Waals surface area contributed by atoms with Crippen molar-refractivity contribution < 1.29 is 0 Å². The second-order valence-electron chi connectivity index (χ2n) is 3.15. The number of hydrogen-bond acceptors (Lipinski definition) is 2. The summed E-state index contributed by atoms with van der Waals surface area (Å²) in [5.74, 6) is 0. The summed E-state index contributed by atoms with van der Waals surface area (Å²) >= 11 is 0. The van der Waals surface area contributed by atoms with Crippen LogP contribution in [0.4, 0.5) is 0 Å². The molecule has 2 heterocycles. The van der Waals surface area contributed by atoms with E-state index in [0.717, 1.165) is 6.54 Å². The van der Waals surface area contributed by atoms with E-state index in [1.807, 2.05) is 24.5 Å². The summed E-state index contributed by atoms with van der Waals surface area (Å²) < 4.78 is 0. The standard InChI is InChI=1S/C11H12N2.HI/c1-13-8-4-11(5-9-13)10-2-6-12-7-3-10;/h2-8H,9H2,1H3;1H. The molecule has 0 saturated carbocycles. The molecule has 0 fully saturated rings. The monoisotopic (exact) mass is 300 g/mol. The van der Waals surface area contributed by atoms with Gasteiger partial charge in [-0.15, -0.1) is 24.0 Å². The van der Waals surface area contributed by atoms with Gasteiger partial charge in [0.2, 0.25) is 0 Å². The van der Waals surface area contributed by atoms with E-state index in [9.17, 15) is 0 Å². The van der Waals surface area contributed by atoms with Crippen LogP contribution in [-0.4, -0.2) is 23.5 Å². The predicted octanol–water partition coefficient (Wildman–Crippen LogP) is 2.54. The molecule has 1 aromatic heterocycles. The van der Waals surface area contributed by atoms with Crippen LogP contribution in [0.5, 0.6) is 0 Å². The first-order valence-corrected chi connectivity index (χ1v) is 4.35. The Bertz CT molecular complexity index is 344. The Morgan fingerprint density at radius 1 is 1.29 bits per heavy atom. The molecule has 1 aliphatic heterocycles. The lowest BCUT2D eigenvalue weighted by Crippen LogP contribution is -2.13. The Kier molecular flexibility index (Phi) is 4.13. The number of likely N-dealkylation sites (N-methyl/N-ethyl adjacent to an activating group) is 1. The molecule has 2 rings (SSSR count). The lowest BCUT2D eigenvalue weighted by molar-refractivity contribution is 0.506. The zero-order valence-electron chi connectivity index (χ0n) is 8.05. The Morgan fingerprint density at radius 2 is 2.00 bits per heavy atom. The first kappa shape index (κ1) is 11.2. The highest BCUT2D eigenvalue weighted by Gasteiger charge is 2.01. The van der Waals surface area contributed by atoms with E-state index in [2.05, 4.69) is 35.3 Å². The summed E-state index contributed by atoms with van der Waals surface area (Å²) in [5.41, 5.74) is 2.51. The second kappa shape index (κ2) is 5.14. The van der Waals surface area contributed by atoms with Gasteiger partial charge in [-0.25, -0.2) is 0 Å². The van der Waals surface area contributed by atoms with Crippen LogP contribution in [-0.2, 0) is 0 Å². The molecule has 0 aliphatic carbocycles. The molecule has 1 aromatic rings. The molecule has 74 valence electrons. The van der Waals surface area contributed by atoms with Gasteiger partial charge in [0.1, 0.15) is 0 Å². The van der Waals surface area contributed by atoms with E-state index < -0.39 is 0 Å². The number of allylic oxidation sites excluding steroid dienone is 2. The minimum absolute atomic E-state index is 0. The van der Waals surface area contributed by atoms with Crippen molar-refractivity contribution in [1.29, 1.82) is 0 Å². The molecule has 0 radical (unpaired) electrons. The Morgan fingerprint density at radius 3 is 2.57 bits per heavy atom. The minimum Gasteiger partial charge on any atom is -0.377 e. The first-order chi connectivity index (χ1) is 6.36. The van der Waals surface area contributed by atoms with E-state index in [1.54, 1.807) is 0 Å². The maximum Gasteiger partial charge on any atom is 0.0359 e. The molecular formula is C11H13IN2. The zero-order chi connectivity index (χ0) is 9.10. The number of nitrogens with zero attached hydrogens (tertiary/aromatic N) is 2. The highest BCUT2D eigenvalue weighted by Crippen LogP contribution is 2.17. The van der Waals surface area contributed by atoms with Gasteiger partial charge in [-0.2, -0.15) is 0 Å². The van der Waals surface area contributed by atoms with Crippen LogP contribution in [0.15, 0.2) is 42.9 Å². The number of hydrogen-bond donors (Lipinski definition) is 0. The maximum atomic E-state index is 3.99. The van der Waals surface area contributed by atoms with Crippen molar-refractivity contribution in [3.8, 4) is 0 Å². The normalized spacial score (nSPS) is 14.6. The molecular weight excluding hydrogens is 287 g/mol. The molecule has 3 heteroatoms. The predicted molar refractivity (Wildman–Crippen MR) is 69.4 cm³/mol. The summed E-state index contributed by atoms with van der Waals surface area (Å²) in [6, 6.07) is 4.06. The van der Waals surface area contributed by atoms with Gasteiger partial charge >= 0.3 is 0 Å². The van der Waals surface area contributed by atoms with Gasteiger partial charge in [0.15, 0.2) is 0 Å². The van der Waals surface area contributed by atoms with Crippen LogP contribution >= 0.6 is 24.0 Å². The molecule has 0 bridgehead atoms. The Labute approximate surface area is 101 Å². The largest absolute Gasteiger partial charge is 0.377 e. The third-order valence-corrected chi connectivity index (χ3v) is 2.12. The van der Waals surface area contributed by atoms with Crippen molar-refractivity contribution in [1.82, 2.24) is 9.88 Å². The number of halogens is 1. The number of rotatable bonds is 1. The van der Waals surface area contributed by atoms with E-state index in [4.69, 9.17) is 0 Å². The lowest BCUT2D eigenvalue weighted by Gasteiger charge is -2.16. The van der Waals surface area contributed by atoms with Gasteiger partial charge in [0.05, 0.1) is 0 Å². The van der Waals surface area contributed by atoms with Crippen LogP contribution in [0.3, 0.4) is 0 Å². The molecule has 0 N–H and O–H groups in total. The summed E-state index contributed by atoms with van der Waals surface area (Å²) in [6.45, 7) is 0.980. The van der Waals surface area contributed by atoms with Gasteiger partial charge in [-0.1, -0.05) is 6.08 Å². The van der Waals surface area contributed by atoms with E-state index in [-0.39, 0.29) is 24.0 Å². The Balaban J connectivity index is 0.000000980. The molecule has 1 aliphatic rings. The van der Waals surface area contributed by atoms with E-state index >= 15 is 0 Å². The van der Waals surface area contributed by atoms with Crippen LogP contribution < -0.4 is 0 Å². The van der Waals surface area contributed by atoms with Crippen LogP contribution in [0.2, 0.25) is 0 Å². The molecule has 0 spiro atoms. The molecule has 14 heavy (non-hydrogen) atoms. The van der Waals surface area contributed by atoms with E-state index in [0.29, 0.717) is 0 Å². The first-order valence-electron chi connectivity index (χ1n) is 4.35. The van der Waals surface area contributed by atoms with Crippen LogP contribution in [0.25, 0.3) is 5.57 Å². The SMILES string of the molecule is CN1C=CC(c2ccncc2)=CC1.I. The summed E-state index contributed by atoms with van der Waals surface area (Å²) in [7, 11) is 2.07. The van der Waals surface area contributed by atoms with E-state index in [1.165, 1.54) is 11.1 Å². The third-order valence-electron chi connectivity index (χ3n) is 2.12. The van der Waals surface area contributed by atoms with Crippen molar-refractivity contribution in [2.45, 2.75) is 0 Å². The second-order valence-corrected chi connectivity index (χ2v) is 3.15. The molecule has 2 nitrogen and oxygen atoms in total. The molecule has 0 aromatic carbocycles. The van der Waals surface area contributed by atoms with Gasteiger partial charge in [-0.05, 0) is 35.5 Å². The van der Waals surface area contributed by atoms with Crippen molar-refractivity contribution >= 4 is 29.5 Å². The highest BCUT2D eigenvalue weighted by molar-refractivity contribution is 14.0. The quantitative estimate of drug-likeness (QED) is 0.741. The molecule has 0 atom stereocenters. The summed E-state index contributed by atoms with van der Waals surface area (Å²) in [5, 5.41) is 0. The summed E-state index contributed by atoms with van der Waals surface area (Å²) in [4.78, 5) is 6.14. The van der Waals surface area contributed by atoms with Crippen molar-refractivity contribution in [3.05, 3.63) is 48.4 Å². The van der Waals surface area contributed by atoms with Crippen molar-refractivity contribution in [2.75, 3.05) is 13.6 Å². The van der Waals surface area contributed by atoms with Crippen molar-refractivity contribution in [2.24, 2.45) is 0 Å². The fraction of sp³-hybridized carbons (Fsp3) is 0.182. The number of aromatic nitrogens is 1. The van der Waals surface area contributed by atoms with Gasteiger partial charge in [0, 0.05) is 26.0 Å². The van der Waals surface area contributed by atoms with Crippen molar-refractivity contribution in [3.63, 3.8) is 0 Å². The topological polar surface area (TPSA) is 16.1 Å².